The van der Waals surface area contributed by atoms with E-state index in [1.807, 2.05) is 0 Å². The van der Waals surface area contributed by atoms with Crippen molar-refractivity contribution in [3.8, 4) is 0 Å². The molecule has 1 fully saturated rings. The number of rotatable bonds is 3. The zero-order valence-electron chi connectivity index (χ0n) is 9.72. The zero-order chi connectivity index (χ0) is 10.4. The Kier molecular flexibility index (Phi) is 4.64. The van der Waals surface area contributed by atoms with Gasteiger partial charge in [-0.25, -0.2) is 0 Å². The molecule has 0 aromatic rings. The van der Waals surface area contributed by atoms with Crippen molar-refractivity contribution in [2.45, 2.75) is 65.2 Å². The van der Waals surface area contributed by atoms with Crippen molar-refractivity contribution in [1.82, 2.24) is 0 Å². The van der Waals surface area contributed by atoms with Crippen LogP contribution in [0.25, 0.3) is 0 Å². The lowest BCUT2D eigenvalue weighted by Crippen LogP contribution is -2.31. The smallest absolute Gasteiger partial charge is 0.123 e. The van der Waals surface area contributed by atoms with Crippen LogP contribution in [0.3, 0.4) is 0 Å². The third-order valence-corrected chi connectivity index (χ3v) is 4.30. The maximum Gasteiger partial charge on any atom is 0.123 e. The van der Waals surface area contributed by atoms with Crippen LogP contribution in [0.4, 0.5) is 0 Å². The molecule has 1 rings (SSSR count). The lowest BCUT2D eigenvalue weighted by molar-refractivity contribution is -0.116. The van der Waals surface area contributed by atoms with E-state index in [0.717, 1.165) is 6.42 Å². The van der Waals surface area contributed by atoms with Gasteiger partial charge in [-0.1, -0.05) is 39.5 Å². The van der Waals surface area contributed by atoms with Crippen LogP contribution in [0, 0.1) is 11.3 Å². The standard InChI is InChI=1S/C13H24O/c1-3-13(4-2)10-8-6-5-7-9-12(13)11-14/h11-12H,3-10H2,1-2H3. The number of carbonyl (C=O) groups is 1. The summed E-state index contributed by atoms with van der Waals surface area (Å²) < 4.78 is 0. The Balaban J connectivity index is 2.75. The van der Waals surface area contributed by atoms with E-state index in [1.54, 1.807) is 0 Å². The van der Waals surface area contributed by atoms with Gasteiger partial charge in [0.1, 0.15) is 6.29 Å². The lowest BCUT2D eigenvalue weighted by atomic mass is 9.66. The van der Waals surface area contributed by atoms with Crippen LogP contribution in [0.1, 0.15) is 65.2 Å². The quantitative estimate of drug-likeness (QED) is 0.624. The largest absolute Gasteiger partial charge is 0.303 e. The molecule has 0 heterocycles. The number of aldehydes is 1. The highest BCUT2D eigenvalue weighted by atomic mass is 16.1. The SMILES string of the molecule is CCC1(CC)CCCCCCC1C=O. The first-order valence-corrected chi connectivity index (χ1v) is 6.24. The van der Waals surface area contributed by atoms with Crippen LogP contribution in [0.2, 0.25) is 0 Å². The van der Waals surface area contributed by atoms with E-state index in [0.29, 0.717) is 11.3 Å². The lowest BCUT2D eigenvalue weighted by Gasteiger charge is -2.38. The maximum absolute atomic E-state index is 11.2. The van der Waals surface area contributed by atoms with E-state index >= 15 is 0 Å². The van der Waals surface area contributed by atoms with Gasteiger partial charge < -0.3 is 4.79 Å². The fourth-order valence-corrected chi connectivity index (χ4v) is 3.03. The minimum atomic E-state index is 0.331. The molecule has 1 atom stereocenters. The van der Waals surface area contributed by atoms with E-state index in [2.05, 4.69) is 13.8 Å². The molecule has 0 aromatic carbocycles. The van der Waals surface area contributed by atoms with Crippen molar-refractivity contribution in [3.63, 3.8) is 0 Å². The molecule has 1 aliphatic rings. The van der Waals surface area contributed by atoms with Crippen LogP contribution in [0.15, 0.2) is 0 Å². The Hall–Kier alpha value is -0.330. The van der Waals surface area contributed by atoms with Crippen LogP contribution in [-0.2, 0) is 4.79 Å². The van der Waals surface area contributed by atoms with Crippen molar-refractivity contribution in [1.29, 1.82) is 0 Å². The van der Waals surface area contributed by atoms with Crippen molar-refractivity contribution in [2.24, 2.45) is 11.3 Å². The highest BCUT2D eigenvalue weighted by Gasteiger charge is 2.35. The van der Waals surface area contributed by atoms with E-state index < -0.39 is 0 Å². The molecule has 1 saturated carbocycles. The molecule has 82 valence electrons. The molecule has 0 spiro atoms. The average Bonchev–Trinajstić information content (AvgIpc) is 2.19. The summed E-state index contributed by atoms with van der Waals surface area (Å²) in [5.74, 6) is 0.331. The molecular formula is C13H24O. The molecular weight excluding hydrogens is 172 g/mol. The summed E-state index contributed by atoms with van der Waals surface area (Å²) in [5, 5.41) is 0. The average molecular weight is 196 g/mol. The van der Waals surface area contributed by atoms with Gasteiger partial charge in [-0.2, -0.15) is 0 Å². The first-order valence-electron chi connectivity index (χ1n) is 6.24. The fraction of sp³-hybridized carbons (Fsp3) is 0.923. The van der Waals surface area contributed by atoms with Crippen molar-refractivity contribution in [3.05, 3.63) is 0 Å². The highest BCUT2D eigenvalue weighted by Crippen LogP contribution is 2.43. The minimum absolute atomic E-state index is 0.331. The zero-order valence-corrected chi connectivity index (χ0v) is 9.72. The first kappa shape index (κ1) is 11.7. The summed E-state index contributed by atoms with van der Waals surface area (Å²) in [6, 6.07) is 0. The monoisotopic (exact) mass is 196 g/mol. The van der Waals surface area contributed by atoms with E-state index in [9.17, 15) is 4.79 Å². The van der Waals surface area contributed by atoms with Gasteiger partial charge in [0.25, 0.3) is 0 Å². The van der Waals surface area contributed by atoms with E-state index in [4.69, 9.17) is 0 Å². The van der Waals surface area contributed by atoms with Crippen LogP contribution in [-0.4, -0.2) is 6.29 Å². The second kappa shape index (κ2) is 5.53. The minimum Gasteiger partial charge on any atom is -0.303 e. The maximum atomic E-state index is 11.2. The summed E-state index contributed by atoms with van der Waals surface area (Å²) in [4.78, 5) is 11.2. The topological polar surface area (TPSA) is 17.1 Å². The molecule has 0 amide bonds. The number of carbonyl (C=O) groups excluding carboxylic acids is 1. The normalized spacial score (nSPS) is 27.7. The second-order valence-electron chi connectivity index (χ2n) is 4.76. The summed E-state index contributed by atoms with van der Waals surface area (Å²) in [6.45, 7) is 4.50. The molecule has 0 saturated heterocycles. The Morgan fingerprint density at radius 2 is 1.79 bits per heavy atom. The Labute approximate surface area is 88.3 Å². The molecule has 1 aliphatic carbocycles. The van der Waals surface area contributed by atoms with Crippen LogP contribution in [0.5, 0.6) is 0 Å². The van der Waals surface area contributed by atoms with Gasteiger partial charge in [-0.15, -0.1) is 0 Å². The molecule has 0 aromatic heterocycles. The summed E-state index contributed by atoms with van der Waals surface area (Å²) >= 11 is 0. The Bertz CT molecular complexity index is 170. The predicted octanol–water partition coefficient (Wildman–Crippen LogP) is 3.96. The summed E-state index contributed by atoms with van der Waals surface area (Å²) in [5.41, 5.74) is 0.335. The Morgan fingerprint density at radius 1 is 1.14 bits per heavy atom. The van der Waals surface area contributed by atoms with Crippen molar-refractivity contribution >= 4 is 6.29 Å². The van der Waals surface area contributed by atoms with Gasteiger partial charge in [-0.3, -0.25) is 0 Å². The summed E-state index contributed by atoms with van der Waals surface area (Å²) in [7, 11) is 0. The molecule has 1 nitrogen and oxygen atoms in total. The fourth-order valence-electron chi connectivity index (χ4n) is 3.03. The van der Waals surface area contributed by atoms with Gasteiger partial charge in [0, 0.05) is 5.92 Å². The number of hydrogen-bond acceptors (Lipinski definition) is 1. The third kappa shape index (κ3) is 2.37. The molecule has 1 heteroatoms. The van der Waals surface area contributed by atoms with E-state index in [1.165, 1.54) is 51.2 Å². The number of hydrogen-bond donors (Lipinski definition) is 0. The molecule has 0 bridgehead atoms. The van der Waals surface area contributed by atoms with Gasteiger partial charge >= 0.3 is 0 Å². The van der Waals surface area contributed by atoms with Crippen molar-refractivity contribution < 1.29 is 4.79 Å². The van der Waals surface area contributed by atoms with Crippen LogP contribution < -0.4 is 0 Å². The summed E-state index contributed by atoms with van der Waals surface area (Å²) in [6.07, 6.45) is 11.3. The van der Waals surface area contributed by atoms with Gasteiger partial charge in [-0.05, 0) is 31.1 Å². The van der Waals surface area contributed by atoms with E-state index in [-0.39, 0.29) is 0 Å². The molecule has 0 aliphatic heterocycles. The van der Waals surface area contributed by atoms with Gasteiger partial charge in [0.05, 0.1) is 0 Å². The highest BCUT2D eigenvalue weighted by molar-refractivity contribution is 5.55. The molecule has 0 N–H and O–H groups in total. The molecule has 1 unspecified atom stereocenters. The van der Waals surface area contributed by atoms with Gasteiger partial charge in [0.15, 0.2) is 0 Å². The Morgan fingerprint density at radius 3 is 2.36 bits per heavy atom. The van der Waals surface area contributed by atoms with Gasteiger partial charge in [0.2, 0.25) is 0 Å². The third-order valence-electron chi connectivity index (χ3n) is 4.30. The molecule has 0 radical (unpaired) electrons. The first-order chi connectivity index (χ1) is 6.79. The van der Waals surface area contributed by atoms with Crippen molar-refractivity contribution in [2.75, 3.05) is 0 Å². The second-order valence-corrected chi connectivity index (χ2v) is 4.76. The predicted molar refractivity (Wildman–Crippen MR) is 60.3 cm³/mol. The molecule has 14 heavy (non-hydrogen) atoms. The van der Waals surface area contributed by atoms with Crippen LogP contribution >= 0.6 is 0 Å².